The number of carbonyl (C=O) groups excluding carboxylic acids is 1. The van der Waals surface area contributed by atoms with Gasteiger partial charge in [-0.1, -0.05) is 45.8 Å². The van der Waals surface area contributed by atoms with Crippen LogP contribution in [0.5, 0.6) is 11.5 Å². The van der Waals surface area contributed by atoms with E-state index >= 15 is 0 Å². The van der Waals surface area contributed by atoms with E-state index in [0.717, 1.165) is 33.8 Å². The number of hydrogen-bond donors (Lipinski definition) is 2. The highest BCUT2D eigenvalue weighted by Crippen LogP contribution is 2.33. The minimum Gasteiger partial charge on any atom is -0.491 e. The predicted octanol–water partition coefficient (Wildman–Crippen LogP) is 4.04. The molecule has 3 aromatic carbocycles. The summed E-state index contributed by atoms with van der Waals surface area (Å²) in [5, 5.41) is 12.6. The number of nitrogens with one attached hydrogen (secondary N) is 1. The lowest BCUT2D eigenvalue weighted by molar-refractivity contribution is 0.0895. The molecule has 160 valence electrons. The average molecular weight is 436 g/mol. The van der Waals surface area contributed by atoms with Gasteiger partial charge in [-0.15, -0.1) is 0 Å². The van der Waals surface area contributed by atoms with Gasteiger partial charge in [0.05, 0.1) is 11.1 Å². The van der Waals surface area contributed by atoms with Gasteiger partial charge in [0.15, 0.2) is 6.29 Å². The van der Waals surface area contributed by atoms with Crippen LogP contribution in [0.15, 0.2) is 66.7 Å². The number of hydrogen-bond acceptors (Lipinski definition) is 5. The molecule has 4 aromatic rings. The third kappa shape index (κ3) is 5.05. The van der Waals surface area contributed by atoms with Crippen molar-refractivity contribution in [2.75, 3.05) is 26.3 Å². The van der Waals surface area contributed by atoms with Crippen LogP contribution in [0.25, 0.3) is 21.8 Å². The summed E-state index contributed by atoms with van der Waals surface area (Å²) in [4.78, 5) is 14.4. The molecule has 0 radical (unpaired) electrons. The highest BCUT2D eigenvalue weighted by Gasteiger charge is 2.13. The van der Waals surface area contributed by atoms with Crippen LogP contribution in [0, 0.1) is 0 Å². The van der Waals surface area contributed by atoms with Gasteiger partial charge in [-0.2, -0.15) is 0 Å². The second-order valence-electron chi connectivity index (χ2n) is 7.31. The number of nitrogens with zero attached hydrogens (tertiary/aromatic N) is 1. The van der Waals surface area contributed by atoms with Crippen molar-refractivity contribution < 1.29 is 19.4 Å². The maximum Gasteiger partial charge on any atom is 0.153 e. The predicted molar refractivity (Wildman–Crippen MR) is 126 cm³/mol. The lowest BCUT2D eigenvalue weighted by atomic mass is 10.1. The fraction of sp³-hybridized carbons (Fsp3) is 0.208. The van der Waals surface area contributed by atoms with Gasteiger partial charge in [-0.25, -0.2) is 0 Å². The minimum atomic E-state index is -0.666. The molecule has 2 N–H and O–H groups in total. The summed E-state index contributed by atoms with van der Waals surface area (Å²) in [6, 6.07) is 21.1. The number of aliphatic hydroxyl groups excluding tert-OH is 1. The number of carbonyl (C=O) groups is 1. The van der Waals surface area contributed by atoms with E-state index in [4.69, 9.17) is 9.47 Å². The Labute approximate surface area is 183 Å². The fourth-order valence-corrected chi connectivity index (χ4v) is 3.92. The van der Waals surface area contributed by atoms with Crippen molar-refractivity contribution in [2.45, 2.75) is 6.10 Å². The first kappa shape index (κ1) is 21.3. The van der Waals surface area contributed by atoms with E-state index in [-0.39, 0.29) is 6.61 Å². The van der Waals surface area contributed by atoms with Crippen molar-refractivity contribution in [3.05, 3.63) is 72.3 Å². The summed E-state index contributed by atoms with van der Waals surface area (Å²) in [7, 11) is 2.59. The number of aromatic nitrogens is 1. The summed E-state index contributed by atoms with van der Waals surface area (Å²) >= 11 is 0. The molecule has 0 fully saturated rings. The standard InChI is InChI=1S/C24H25N2O4P/c27-15-17-6-1-4-10-22(17)29-13-12-26(31)14-18(28)16-30-23-11-5-9-21-24(23)19-7-2-3-8-20(19)25-21/h1-11,15,18,25,28H,12-14,16,31H2. The zero-order chi connectivity index (χ0) is 21.6. The Balaban J connectivity index is 1.30. The molecule has 2 unspecified atom stereocenters. The van der Waals surface area contributed by atoms with Crippen molar-refractivity contribution in [3.8, 4) is 11.5 Å². The molecule has 0 aliphatic rings. The summed E-state index contributed by atoms with van der Waals surface area (Å²) in [5.41, 5.74) is 2.59. The number of aliphatic hydroxyl groups is 1. The molecule has 4 rings (SSSR count). The smallest absolute Gasteiger partial charge is 0.153 e. The second-order valence-corrected chi connectivity index (χ2v) is 8.04. The Hall–Kier alpha value is -2.92. The number of H-pyrrole nitrogens is 1. The van der Waals surface area contributed by atoms with Crippen molar-refractivity contribution >= 4 is 37.5 Å². The summed E-state index contributed by atoms with van der Waals surface area (Å²) in [6.45, 7) is 1.56. The van der Waals surface area contributed by atoms with E-state index in [1.54, 1.807) is 18.2 Å². The van der Waals surface area contributed by atoms with E-state index in [9.17, 15) is 9.90 Å². The van der Waals surface area contributed by atoms with Crippen LogP contribution in [0.2, 0.25) is 0 Å². The van der Waals surface area contributed by atoms with Crippen LogP contribution in [0.4, 0.5) is 0 Å². The number of ether oxygens (including phenoxy) is 2. The molecule has 0 amide bonds. The van der Waals surface area contributed by atoms with Gasteiger partial charge < -0.3 is 19.6 Å². The van der Waals surface area contributed by atoms with Crippen LogP contribution in [-0.4, -0.2) is 53.5 Å². The molecule has 1 aromatic heterocycles. The molecule has 31 heavy (non-hydrogen) atoms. The first-order valence-corrected chi connectivity index (χ1v) is 10.6. The van der Waals surface area contributed by atoms with E-state index in [0.29, 0.717) is 31.0 Å². The molecule has 0 saturated carbocycles. The van der Waals surface area contributed by atoms with Crippen molar-refractivity contribution in [3.63, 3.8) is 0 Å². The largest absolute Gasteiger partial charge is 0.491 e. The maximum absolute atomic E-state index is 11.1. The van der Waals surface area contributed by atoms with E-state index in [2.05, 4.69) is 20.4 Å². The molecule has 1 heterocycles. The van der Waals surface area contributed by atoms with Gasteiger partial charge >= 0.3 is 0 Å². The first-order chi connectivity index (χ1) is 15.2. The van der Waals surface area contributed by atoms with E-state index in [1.165, 1.54) is 0 Å². The molecule has 6 nitrogen and oxygen atoms in total. The number of fused-ring (bicyclic) bond motifs is 3. The molecule has 0 aliphatic carbocycles. The molecular formula is C24H25N2O4P. The molecule has 7 heteroatoms. The van der Waals surface area contributed by atoms with Gasteiger partial charge in [0.1, 0.15) is 30.8 Å². The van der Waals surface area contributed by atoms with Crippen LogP contribution in [0.1, 0.15) is 10.4 Å². The highest BCUT2D eigenvalue weighted by atomic mass is 31.0. The molecule has 0 saturated heterocycles. The van der Waals surface area contributed by atoms with Crippen LogP contribution < -0.4 is 9.47 Å². The van der Waals surface area contributed by atoms with Gasteiger partial charge in [-0.3, -0.25) is 9.46 Å². The fourth-order valence-electron chi connectivity index (χ4n) is 3.57. The van der Waals surface area contributed by atoms with Crippen LogP contribution in [0.3, 0.4) is 0 Å². The minimum absolute atomic E-state index is 0.179. The lowest BCUT2D eigenvalue weighted by Crippen LogP contribution is -2.32. The second kappa shape index (κ2) is 9.92. The van der Waals surface area contributed by atoms with Crippen LogP contribution >= 0.6 is 9.39 Å². The SMILES string of the molecule is O=Cc1ccccc1OCCN(P)CC(O)COc1cccc2[nH]c3ccccc3c12. The van der Waals surface area contributed by atoms with E-state index < -0.39 is 6.10 Å². The number of aldehydes is 1. The monoisotopic (exact) mass is 436 g/mol. The first-order valence-electron chi connectivity index (χ1n) is 10.1. The number of aromatic amines is 1. The Kier molecular flexibility index (Phi) is 6.82. The van der Waals surface area contributed by atoms with Crippen molar-refractivity contribution in [1.29, 1.82) is 0 Å². The summed E-state index contributed by atoms with van der Waals surface area (Å²) < 4.78 is 13.6. The Bertz CT molecular complexity index is 1180. The quantitative estimate of drug-likeness (QED) is 0.290. The number of benzene rings is 3. The van der Waals surface area contributed by atoms with Crippen molar-refractivity contribution in [1.82, 2.24) is 9.65 Å². The third-order valence-electron chi connectivity index (χ3n) is 5.05. The van der Waals surface area contributed by atoms with Gasteiger partial charge in [0.2, 0.25) is 0 Å². The Morgan fingerprint density at radius 2 is 1.71 bits per heavy atom. The van der Waals surface area contributed by atoms with Crippen molar-refractivity contribution in [2.24, 2.45) is 0 Å². The summed E-state index contributed by atoms with van der Waals surface area (Å²) in [5.74, 6) is 1.31. The molecule has 0 bridgehead atoms. The molecular weight excluding hydrogens is 411 g/mol. The third-order valence-corrected chi connectivity index (χ3v) is 5.52. The zero-order valence-electron chi connectivity index (χ0n) is 17.0. The van der Waals surface area contributed by atoms with Gasteiger partial charge in [-0.05, 0) is 30.3 Å². The Morgan fingerprint density at radius 3 is 2.58 bits per heavy atom. The zero-order valence-corrected chi connectivity index (χ0v) is 18.2. The summed E-state index contributed by atoms with van der Waals surface area (Å²) in [6.07, 6.45) is 0.114. The molecule has 0 aliphatic heterocycles. The van der Waals surface area contributed by atoms with Gasteiger partial charge in [0.25, 0.3) is 0 Å². The van der Waals surface area contributed by atoms with Gasteiger partial charge in [0, 0.05) is 29.4 Å². The average Bonchev–Trinajstić information content (AvgIpc) is 3.17. The lowest BCUT2D eigenvalue weighted by Gasteiger charge is -2.21. The maximum atomic E-state index is 11.1. The van der Waals surface area contributed by atoms with Crippen LogP contribution in [-0.2, 0) is 0 Å². The normalized spacial score (nSPS) is 12.4. The molecule has 2 atom stereocenters. The number of rotatable bonds is 10. The topological polar surface area (TPSA) is 74.8 Å². The highest BCUT2D eigenvalue weighted by molar-refractivity contribution is 7.13. The number of para-hydroxylation sites is 2. The van der Waals surface area contributed by atoms with E-state index in [1.807, 2.05) is 47.1 Å². The molecule has 0 spiro atoms. The Morgan fingerprint density at radius 1 is 0.968 bits per heavy atom.